The molecule has 0 saturated heterocycles. The van der Waals surface area contributed by atoms with Crippen LogP contribution in [-0.4, -0.2) is 37.0 Å². The normalized spacial score (nSPS) is 10.2. The molecule has 0 N–H and O–H groups in total. The van der Waals surface area contributed by atoms with Gasteiger partial charge in [0.05, 0.1) is 12.2 Å². The molecular formula is C19H20BrNO4. The Labute approximate surface area is 155 Å². The Morgan fingerprint density at radius 2 is 1.76 bits per heavy atom. The number of nitrogens with zero attached hydrogens (tertiary/aromatic N) is 1. The quantitative estimate of drug-likeness (QED) is 0.659. The van der Waals surface area contributed by atoms with E-state index in [0.29, 0.717) is 24.5 Å². The molecule has 0 spiro atoms. The molecule has 0 aliphatic heterocycles. The van der Waals surface area contributed by atoms with E-state index in [1.54, 1.807) is 43.1 Å². The van der Waals surface area contributed by atoms with Gasteiger partial charge in [-0.15, -0.1) is 0 Å². The van der Waals surface area contributed by atoms with Crippen molar-refractivity contribution in [2.75, 3.05) is 20.3 Å². The zero-order valence-electron chi connectivity index (χ0n) is 14.2. The number of amides is 1. The summed E-state index contributed by atoms with van der Waals surface area (Å²) in [7, 11) is 1.73. The molecule has 0 atom stereocenters. The SMILES string of the molecule is CCOC(=O)c1ccc(OCC(=O)N(C)Cc2ccccc2Br)cc1. The van der Waals surface area contributed by atoms with Crippen LogP contribution < -0.4 is 4.74 Å². The van der Waals surface area contributed by atoms with Gasteiger partial charge in [-0.2, -0.15) is 0 Å². The van der Waals surface area contributed by atoms with Gasteiger partial charge in [0.15, 0.2) is 6.61 Å². The van der Waals surface area contributed by atoms with Crippen LogP contribution in [0.4, 0.5) is 0 Å². The molecule has 0 unspecified atom stereocenters. The Morgan fingerprint density at radius 3 is 2.40 bits per heavy atom. The number of carbonyl (C=O) groups is 2. The first-order valence-electron chi connectivity index (χ1n) is 7.88. The van der Waals surface area contributed by atoms with Crippen LogP contribution >= 0.6 is 15.9 Å². The fourth-order valence-electron chi connectivity index (χ4n) is 2.13. The summed E-state index contributed by atoms with van der Waals surface area (Å²) in [6, 6.07) is 14.3. The van der Waals surface area contributed by atoms with Gasteiger partial charge in [0.2, 0.25) is 0 Å². The molecule has 25 heavy (non-hydrogen) atoms. The zero-order valence-corrected chi connectivity index (χ0v) is 15.8. The van der Waals surface area contributed by atoms with E-state index < -0.39 is 0 Å². The summed E-state index contributed by atoms with van der Waals surface area (Å²) in [5.41, 5.74) is 1.48. The second-order valence-corrected chi connectivity index (χ2v) is 6.23. The molecule has 132 valence electrons. The van der Waals surface area contributed by atoms with Crippen molar-refractivity contribution in [3.63, 3.8) is 0 Å². The van der Waals surface area contributed by atoms with Crippen molar-refractivity contribution < 1.29 is 19.1 Å². The highest BCUT2D eigenvalue weighted by Crippen LogP contribution is 2.18. The molecule has 0 radical (unpaired) electrons. The molecule has 0 aliphatic carbocycles. The van der Waals surface area contributed by atoms with Gasteiger partial charge in [0.25, 0.3) is 5.91 Å². The topological polar surface area (TPSA) is 55.8 Å². The summed E-state index contributed by atoms with van der Waals surface area (Å²) in [4.78, 5) is 25.4. The summed E-state index contributed by atoms with van der Waals surface area (Å²) in [6.45, 7) is 2.51. The summed E-state index contributed by atoms with van der Waals surface area (Å²) < 4.78 is 11.4. The van der Waals surface area contributed by atoms with Crippen LogP contribution in [0.25, 0.3) is 0 Å². The Bertz CT molecular complexity index is 730. The van der Waals surface area contributed by atoms with E-state index in [0.717, 1.165) is 10.0 Å². The molecule has 2 rings (SSSR count). The number of ether oxygens (including phenoxy) is 2. The number of hydrogen-bond acceptors (Lipinski definition) is 4. The molecule has 6 heteroatoms. The third-order valence-corrected chi connectivity index (χ3v) is 4.29. The first kappa shape index (κ1) is 19.0. The van der Waals surface area contributed by atoms with Gasteiger partial charge in [0, 0.05) is 18.1 Å². The number of hydrogen-bond donors (Lipinski definition) is 0. The molecular weight excluding hydrogens is 386 g/mol. The summed E-state index contributed by atoms with van der Waals surface area (Å²) in [5.74, 6) is 0.0132. The number of halogens is 1. The van der Waals surface area contributed by atoms with Crippen molar-refractivity contribution in [3.05, 3.63) is 64.1 Å². The lowest BCUT2D eigenvalue weighted by Gasteiger charge is -2.18. The molecule has 0 saturated carbocycles. The minimum atomic E-state index is -0.377. The van der Waals surface area contributed by atoms with Crippen LogP contribution in [0.1, 0.15) is 22.8 Å². The van der Waals surface area contributed by atoms with E-state index in [1.807, 2.05) is 24.3 Å². The highest BCUT2D eigenvalue weighted by molar-refractivity contribution is 9.10. The van der Waals surface area contributed by atoms with Gasteiger partial charge >= 0.3 is 5.97 Å². The highest BCUT2D eigenvalue weighted by Gasteiger charge is 2.12. The van der Waals surface area contributed by atoms with E-state index in [-0.39, 0.29) is 18.5 Å². The largest absolute Gasteiger partial charge is 0.484 e. The van der Waals surface area contributed by atoms with Crippen molar-refractivity contribution in [2.45, 2.75) is 13.5 Å². The van der Waals surface area contributed by atoms with Crippen molar-refractivity contribution in [3.8, 4) is 5.75 Å². The summed E-state index contributed by atoms with van der Waals surface area (Å²) >= 11 is 3.47. The minimum Gasteiger partial charge on any atom is -0.484 e. The predicted molar refractivity (Wildman–Crippen MR) is 98.5 cm³/mol. The molecule has 1 amide bonds. The number of likely N-dealkylation sites (N-methyl/N-ethyl adjacent to an activating group) is 1. The van der Waals surface area contributed by atoms with E-state index in [9.17, 15) is 9.59 Å². The fourth-order valence-corrected chi connectivity index (χ4v) is 2.54. The van der Waals surface area contributed by atoms with E-state index >= 15 is 0 Å². The molecule has 0 bridgehead atoms. The lowest BCUT2D eigenvalue weighted by atomic mass is 10.2. The first-order chi connectivity index (χ1) is 12.0. The molecule has 2 aromatic carbocycles. The van der Waals surface area contributed by atoms with Crippen LogP contribution in [0.5, 0.6) is 5.75 Å². The third kappa shape index (κ3) is 5.60. The lowest BCUT2D eigenvalue weighted by molar-refractivity contribution is -0.132. The fraction of sp³-hybridized carbons (Fsp3) is 0.263. The lowest BCUT2D eigenvalue weighted by Crippen LogP contribution is -2.31. The second-order valence-electron chi connectivity index (χ2n) is 5.37. The van der Waals surface area contributed by atoms with Crippen molar-refractivity contribution in [1.29, 1.82) is 0 Å². The predicted octanol–water partition coefficient (Wildman–Crippen LogP) is 3.66. The second kappa shape index (κ2) is 9.22. The number of benzene rings is 2. The van der Waals surface area contributed by atoms with Crippen molar-refractivity contribution in [1.82, 2.24) is 4.90 Å². The smallest absolute Gasteiger partial charge is 0.338 e. The Kier molecular flexibility index (Phi) is 7.01. The monoisotopic (exact) mass is 405 g/mol. The molecule has 5 nitrogen and oxygen atoms in total. The standard InChI is InChI=1S/C19H20BrNO4/c1-3-24-19(23)14-8-10-16(11-9-14)25-13-18(22)21(2)12-15-6-4-5-7-17(15)20/h4-11H,3,12-13H2,1-2H3. The highest BCUT2D eigenvalue weighted by atomic mass is 79.9. The zero-order chi connectivity index (χ0) is 18.2. The van der Waals surface area contributed by atoms with Gasteiger partial charge in [-0.3, -0.25) is 4.79 Å². The molecule has 0 aliphatic rings. The Hall–Kier alpha value is -2.34. The summed E-state index contributed by atoms with van der Waals surface area (Å²) in [6.07, 6.45) is 0. The van der Waals surface area contributed by atoms with E-state index in [1.165, 1.54) is 0 Å². The third-order valence-electron chi connectivity index (χ3n) is 3.52. The number of esters is 1. The molecule has 0 heterocycles. The maximum Gasteiger partial charge on any atom is 0.338 e. The van der Waals surface area contributed by atoms with Crippen molar-refractivity contribution >= 4 is 27.8 Å². The van der Waals surface area contributed by atoms with E-state index in [4.69, 9.17) is 9.47 Å². The molecule has 0 aromatic heterocycles. The minimum absolute atomic E-state index is 0.0697. The van der Waals surface area contributed by atoms with Crippen LogP contribution in [0, 0.1) is 0 Å². The average Bonchev–Trinajstić information content (AvgIpc) is 2.62. The summed E-state index contributed by atoms with van der Waals surface area (Å²) in [5, 5.41) is 0. The molecule has 0 fully saturated rings. The van der Waals surface area contributed by atoms with Gasteiger partial charge in [-0.1, -0.05) is 34.1 Å². The van der Waals surface area contributed by atoms with Crippen molar-refractivity contribution in [2.24, 2.45) is 0 Å². The van der Waals surface area contributed by atoms with E-state index in [2.05, 4.69) is 15.9 Å². The van der Waals surface area contributed by atoms with Crippen LogP contribution in [-0.2, 0) is 16.1 Å². The van der Waals surface area contributed by atoms with Gasteiger partial charge in [-0.05, 0) is 42.8 Å². The number of rotatable bonds is 7. The van der Waals surface area contributed by atoms with Crippen LogP contribution in [0.15, 0.2) is 53.0 Å². The van der Waals surface area contributed by atoms with Crippen LogP contribution in [0.2, 0.25) is 0 Å². The Morgan fingerprint density at radius 1 is 1.08 bits per heavy atom. The maximum atomic E-state index is 12.2. The number of carbonyl (C=O) groups excluding carboxylic acids is 2. The van der Waals surface area contributed by atoms with Gasteiger partial charge in [-0.25, -0.2) is 4.79 Å². The van der Waals surface area contributed by atoms with Crippen LogP contribution in [0.3, 0.4) is 0 Å². The maximum absolute atomic E-state index is 12.2. The first-order valence-corrected chi connectivity index (χ1v) is 8.68. The van der Waals surface area contributed by atoms with Gasteiger partial charge < -0.3 is 14.4 Å². The van der Waals surface area contributed by atoms with Gasteiger partial charge in [0.1, 0.15) is 5.75 Å². The molecule has 2 aromatic rings. The average molecular weight is 406 g/mol. The Balaban J connectivity index is 1.87.